The van der Waals surface area contributed by atoms with E-state index in [4.69, 9.17) is 15.1 Å². The van der Waals surface area contributed by atoms with Crippen LogP contribution in [0.4, 0.5) is 0 Å². The molecule has 0 aliphatic carbocycles. The van der Waals surface area contributed by atoms with Gasteiger partial charge in [-0.2, -0.15) is 5.26 Å². The van der Waals surface area contributed by atoms with Crippen molar-refractivity contribution in [2.24, 2.45) is 0 Å². The van der Waals surface area contributed by atoms with Crippen molar-refractivity contribution in [2.45, 2.75) is 0 Å². The summed E-state index contributed by atoms with van der Waals surface area (Å²) in [5, 5.41) is 17.4. The molecule has 0 aliphatic rings. The second-order valence-electron chi connectivity index (χ2n) is 3.68. The van der Waals surface area contributed by atoms with E-state index in [9.17, 15) is 4.79 Å². The summed E-state index contributed by atoms with van der Waals surface area (Å²) in [7, 11) is 0. The van der Waals surface area contributed by atoms with Gasteiger partial charge in [-0.15, -0.1) is 0 Å². The van der Waals surface area contributed by atoms with Crippen LogP contribution in [0, 0.1) is 11.3 Å². The normalized spacial score (nSPS) is 10.2. The number of benzene rings is 1. The SMILES string of the molecule is N#Cc1ccccc1Oc1ncc(/C=C/C(=O)O)cn1. The van der Waals surface area contributed by atoms with E-state index in [-0.39, 0.29) is 6.01 Å². The third-order valence-electron chi connectivity index (χ3n) is 2.28. The molecular formula is C14H9N3O3. The number of aliphatic carboxylic acids is 1. The fourth-order valence-corrected chi connectivity index (χ4v) is 1.38. The Balaban J connectivity index is 2.15. The molecule has 0 saturated carbocycles. The van der Waals surface area contributed by atoms with Crippen molar-refractivity contribution >= 4 is 12.0 Å². The molecule has 20 heavy (non-hydrogen) atoms. The summed E-state index contributed by atoms with van der Waals surface area (Å²) < 4.78 is 5.40. The van der Waals surface area contributed by atoms with Crippen molar-refractivity contribution in [3.05, 3.63) is 53.9 Å². The van der Waals surface area contributed by atoms with Gasteiger partial charge in [0.2, 0.25) is 0 Å². The molecule has 0 saturated heterocycles. The lowest BCUT2D eigenvalue weighted by Gasteiger charge is -2.04. The van der Waals surface area contributed by atoms with E-state index in [1.165, 1.54) is 18.5 Å². The molecule has 6 heteroatoms. The van der Waals surface area contributed by atoms with Gasteiger partial charge in [0.15, 0.2) is 0 Å². The van der Waals surface area contributed by atoms with Gasteiger partial charge in [0.05, 0.1) is 5.56 Å². The lowest BCUT2D eigenvalue weighted by Crippen LogP contribution is -1.94. The van der Waals surface area contributed by atoms with Gasteiger partial charge in [0.25, 0.3) is 0 Å². The Hall–Kier alpha value is -3.20. The summed E-state index contributed by atoms with van der Waals surface area (Å²) in [6.07, 6.45) is 5.22. The smallest absolute Gasteiger partial charge is 0.328 e. The zero-order valence-corrected chi connectivity index (χ0v) is 10.2. The molecule has 0 amide bonds. The number of para-hydroxylation sites is 1. The number of nitriles is 1. The summed E-state index contributed by atoms with van der Waals surface area (Å²) in [5.41, 5.74) is 0.916. The number of hydrogen-bond donors (Lipinski definition) is 1. The van der Waals surface area contributed by atoms with Crippen molar-refractivity contribution in [1.82, 2.24) is 9.97 Å². The molecule has 6 nitrogen and oxygen atoms in total. The van der Waals surface area contributed by atoms with E-state index >= 15 is 0 Å². The molecule has 0 spiro atoms. The Labute approximate surface area is 114 Å². The summed E-state index contributed by atoms with van der Waals surface area (Å²) in [6, 6.07) is 8.81. The average molecular weight is 267 g/mol. The maximum atomic E-state index is 10.4. The van der Waals surface area contributed by atoms with Gasteiger partial charge in [-0.1, -0.05) is 12.1 Å². The molecule has 0 aliphatic heterocycles. The standard InChI is InChI=1S/C14H9N3O3/c15-7-11-3-1-2-4-12(11)20-14-16-8-10(9-17-14)5-6-13(18)19/h1-6,8-9H,(H,18,19)/b6-5+. The molecule has 0 radical (unpaired) electrons. The highest BCUT2D eigenvalue weighted by atomic mass is 16.5. The summed E-state index contributed by atoms with van der Waals surface area (Å²) in [5.74, 6) is -0.683. The number of rotatable bonds is 4. The molecule has 0 bridgehead atoms. The zero-order valence-electron chi connectivity index (χ0n) is 10.2. The van der Waals surface area contributed by atoms with Gasteiger partial charge in [-0.3, -0.25) is 0 Å². The lowest BCUT2D eigenvalue weighted by atomic mass is 10.2. The number of ether oxygens (including phenoxy) is 1. The van der Waals surface area contributed by atoms with E-state index in [0.29, 0.717) is 16.9 Å². The number of carboxylic acid groups (broad SMARTS) is 1. The fourth-order valence-electron chi connectivity index (χ4n) is 1.38. The minimum absolute atomic E-state index is 0.0835. The van der Waals surface area contributed by atoms with Crippen molar-refractivity contribution < 1.29 is 14.6 Å². The quantitative estimate of drug-likeness (QED) is 0.853. The van der Waals surface area contributed by atoms with E-state index in [0.717, 1.165) is 6.08 Å². The topological polar surface area (TPSA) is 96.1 Å². The van der Waals surface area contributed by atoms with Crippen LogP contribution in [0.25, 0.3) is 6.08 Å². The van der Waals surface area contributed by atoms with Crippen molar-refractivity contribution in [2.75, 3.05) is 0 Å². The van der Waals surface area contributed by atoms with Crippen LogP contribution in [0.15, 0.2) is 42.7 Å². The Morgan fingerprint density at radius 3 is 2.65 bits per heavy atom. The van der Waals surface area contributed by atoms with E-state index in [2.05, 4.69) is 9.97 Å². The molecule has 0 atom stereocenters. The van der Waals surface area contributed by atoms with Crippen molar-refractivity contribution in [1.29, 1.82) is 5.26 Å². The number of hydrogen-bond acceptors (Lipinski definition) is 5. The maximum absolute atomic E-state index is 10.4. The number of carbonyl (C=O) groups is 1. The first kappa shape index (κ1) is 13.2. The lowest BCUT2D eigenvalue weighted by molar-refractivity contribution is -0.131. The average Bonchev–Trinajstić information content (AvgIpc) is 2.47. The minimum atomic E-state index is -1.05. The Morgan fingerprint density at radius 2 is 2.00 bits per heavy atom. The van der Waals surface area contributed by atoms with E-state index < -0.39 is 5.97 Å². The van der Waals surface area contributed by atoms with Crippen LogP contribution >= 0.6 is 0 Å². The van der Waals surface area contributed by atoms with Gasteiger partial charge < -0.3 is 9.84 Å². The summed E-state index contributed by atoms with van der Waals surface area (Å²) >= 11 is 0. The molecule has 0 unspecified atom stereocenters. The van der Waals surface area contributed by atoms with Crippen molar-refractivity contribution in [3.8, 4) is 17.8 Å². The number of nitrogens with zero attached hydrogens (tertiary/aromatic N) is 3. The Morgan fingerprint density at radius 1 is 1.30 bits per heavy atom. The monoisotopic (exact) mass is 267 g/mol. The van der Waals surface area contributed by atoms with Crippen LogP contribution in [-0.2, 0) is 4.79 Å². The van der Waals surface area contributed by atoms with Gasteiger partial charge in [0, 0.05) is 24.0 Å². The highest BCUT2D eigenvalue weighted by Crippen LogP contribution is 2.21. The molecule has 98 valence electrons. The highest BCUT2D eigenvalue weighted by molar-refractivity contribution is 5.85. The van der Waals surface area contributed by atoms with Gasteiger partial charge >= 0.3 is 12.0 Å². The Kier molecular flexibility index (Phi) is 4.04. The molecule has 2 rings (SSSR count). The van der Waals surface area contributed by atoms with Crippen LogP contribution in [0.1, 0.15) is 11.1 Å². The molecular weight excluding hydrogens is 258 g/mol. The third-order valence-corrected chi connectivity index (χ3v) is 2.28. The maximum Gasteiger partial charge on any atom is 0.328 e. The molecule has 0 fully saturated rings. The molecule has 1 heterocycles. The summed E-state index contributed by atoms with van der Waals surface area (Å²) in [4.78, 5) is 18.2. The van der Waals surface area contributed by atoms with Crippen molar-refractivity contribution in [3.63, 3.8) is 0 Å². The van der Waals surface area contributed by atoms with Crippen LogP contribution < -0.4 is 4.74 Å². The second-order valence-corrected chi connectivity index (χ2v) is 3.68. The first-order chi connectivity index (χ1) is 9.69. The second kappa shape index (κ2) is 6.11. The molecule has 2 aromatic rings. The molecule has 1 N–H and O–H groups in total. The predicted molar refractivity (Wildman–Crippen MR) is 69.9 cm³/mol. The number of carboxylic acids is 1. The van der Waals surface area contributed by atoms with Crippen LogP contribution in [0.2, 0.25) is 0 Å². The fraction of sp³-hybridized carbons (Fsp3) is 0. The van der Waals surface area contributed by atoms with Gasteiger partial charge in [0.1, 0.15) is 11.8 Å². The van der Waals surface area contributed by atoms with Crippen LogP contribution in [0.5, 0.6) is 11.8 Å². The Bertz CT molecular complexity index is 688. The third kappa shape index (κ3) is 3.40. The summed E-state index contributed by atoms with van der Waals surface area (Å²) in [6.45, 7) is 0. The highest BCUT2D eigenvalue weighted by Gasteiger charge is 2.05. The first-order valence-corrected chi connectivity index (χ1v) is 5.59. The van der Waals surface area contributed by atoms with Gasteiger partial charge in [-0.05, 0) is 18.2 Å². The molecule has 1 aromatic carbocycles. The predicted octanol–water partition coefficient (Wildman–Crippen LogP) is 2.24. The largest absolute Gasteiger partial charge is 0.478 e. The van der Waals surface area contributed by atoms with Crippen LogP contribution in [-0.4, -0.2) is 21.0 Å². The minimum Gasteiger partial charge on any atom is -0.478 e. The van der Waals surface area contributed by atoms with E-state index in [1.807, 2.05) is 6.07 Å². The first-order valence-electron chi connectivity index (χ1n) is 5.59. The number of aromatic nitrogens is 2. The zero-order chi connectivity index (χ0) is 14.4. The van der Waals surface area contributed by atoms with Gasteiger partial charge in [-0.25, -0.2) is 14.8 Å². The van der Waals surface area contributed by atoms with Crippen LogP contribution in [0.3, 0.4) is 0 Å². The molecule has 1 aromatic heterocycles. The van der Waals surface area contributed by atoms with E-state index in [1.54, 1.807) is 24.3 Å².